The molecule has 0 saturated carbocycles. The number of carbonyl (C=O) groups is 1. The molecule has 0 bridgehead atoms. The van der Waals surface area contributed by atoms with Crippen LogP contribution in [-0.4, -0.2) is 51.8 Å². The lowest BCUT2D eigenvalue weighted by Crippen LogP contribution is -2.51. The molecule has 1 aromatic carbocycles. The van der Waals surface area contributed by atoms with Crippen LogP contribution >= 0.6 is 0 Å². The van der Waals surface area contributed by atoms with Gasteiger partial charge in [0.15, 0.2) is 17.5 Å². The van der Waals surface area contributed by atoms with Crippen molar-refractivity contribution < 1.29 is 14.3 Å². The summed E-state index contributed by atoms with van der Waals surface area (Å²) in [6.07, 6.45) is 1.36. The van der Waals surface area contributed by atoms with Gasteiger partial charge in [-0.15, -0.1) is 0 Å². The van der Waals surface area contributed by atoms with E-state index in [0.29, 0.717) is 19.5 Å². The fraction of sp³-hybridized carbons (Fsp3) is 0.600. The topological polar surface area (TPSA) is 84.0 Å². The van der Waals surface area contributed by atoms with Crippen LogP contribution in [0.2, 0.25) is 0 Å². The number of nitrogens with zero attached hydrogens (tertiary/aromatic N) is 1. The number of hydrogen-bond donors (Lipinski definition) is 3. The lowest BCUT2D eigenvalue weighted by molar-refractivity contribution is -0.122. The van der Waals surface area contributed by atoms with Crippen LogP contribution in [0.15, 0.2) is 23.2 Å². The second-order valence-electron chi connectivity index (χ2n) is 7.33. The van der Waals surface area contributed by atoms with Crippen molar-refractivity contribution in [3.05, 3.63) is 23.8 Å². The molecule has 150 valence electrons. The average Bonchev–Trinajstić information content (AvgIpc) is 2.67. The number of piperidine rings is 1. The number of guanidine groups is 1. The molecule has 1 aliphatic heterocycles. The van der Waals surface area contributed by atoms with E-state index in [1.807, 2.05) is 25.1 Å². The number of methoxy groups -OCH3 is 2. The predicted molar refractivity (Wildman–Crippen MR) is 108 cm³/mol. The highest BCUT2D eigenvalue weighted by atomic mass is 16.5. The zero-order valence-electron chi connectivity index (χ0n) is 17.0. The van der Waals surface area contributed by atoms with Crippen molar-refractivity contribution in [1.82, 2.24) is 16.0 Å². The van der Waals surface area contributed by atoms with E-state index in [4.69, 9.17) is 14.5 Å². The minimum Gasteiger partial charge on any atom is -0.493 e. The maximum Gasteiger partial charge on any atom is 0.220 e. The van der Waals surface area contributed by atoms with E-state index in [-0.39, 0.29) is 17.4 Å². The summed E-state index contributed by atoms with van der Waals surface area (Å²) < 4.78 is 10.7. The zero-order chi connectivity index (χ0) is 19.9. The Balaban J connectivity index is 2.09. The molecular formula is C20H32N4O3. The highest BCUT2D eigenvalue weighted by Gasteiger charge is 2.23. The molecule has 7 nitrogen and oxygen atoms in total. The van der Waals surface area contributed by atoms with E-state index < -0.39 is 0 Å². The first-order valence-electron chi connectivity index (χ1n) is 9.43. The lowest BCUT2D eigenvalue weighted by Gasteiger charge is -2.27. The fourth-order valence-electron chi connectivity index (χ4n) is 2.99. The van der Waals surface area contributed by atoms with Crippen LogP contribution in [0.25, 0.3) is 0 Å². The number of amides is 1. The number of rotatable bonds is 7. The molecule has 1 unspecified atom stereocenters. The Labute approximate surface area is 161 Å². The largest absolute Gasteiger partial charge is 0.493 e. The van der Waals surface area contributed by atoms with Gasteiger partial charge in [-0.05, 0) is 31.0 Å². The van der Waals surface area contributed by atoms with Gasteiger partial charge >= 0.3 is 0 Å². The molecule has 0 aromatic heterocycles. The van der Waals surface area contributed by atoms with Crippen LogP contribution in [0.5, 0.6) is 11.5 Å². The van der Waals surface area contributed by atoms with Gasteiger partial charge in [-0.2, -0.15) is 0 Å². The molecule has 27 heavy (non-hydrogen) atoms. The molecule has 0 aliphatic carbocycles. The Morgan fingerprint density at radius 3 is 2.63 bits per heavy atom. The number of aliphatic imine (C=N–C) groups is 1. The highest BCUT2D eigenvalue weighted by Crippen LogP contribution is 2.33. The van der Waals surface area contributed by atoms with Gasteiger partial charge in [0.05, 0.1) is 20.8 Å². The third-order valence-corrected chi connectivity index (χ3v) is 4.75. The minimum atomic E-state index is -0.178. The molecule has 7 heteroatoms. The first kappa shape index (κ1) is 20.9. The molecule has 1 aliphatic rings. The molecule has 1 fully saturated rings. The van der Waals surface area contributed by atoms with Crippen molar-refractivity contribution >= 4 is 11.9 Å². The summed E-state index contributed by atoms with van der Waals surface area (Å²) in [5, 5.41) is 9.60. The van der Waals surface area contributed by atoms with E-state index in [9.17, 15) is 4.79 Å². The van der Waals surface area contributed by atoms with Gasteiger partial charge < -0.3 is 25.4 Å². The van der Waals surface area contributed by atoms with Crippen LogP contribution in [0.3, 0.4) is 0 Å². The summed E-state index contributed by atoms with van der Waals surface area (Å²) in [5.74, 6) is 2.32. The van der Waals surface area contributed by atoms with Gasteiger partial charge in [-0.25, -0.2) is 0 Å². The number of ether oxygens (including phenoxy) is 2. The van der Waals surface area contributed by atoms with Crippen LogP contribution in [0.4, 0.5) is 0 Å². The second-order valence-corrected chi connectivity index (χ2v) is 7.33. The highest BCUT2D eigenvalue weighted by molar-refractivity contribution is 5.81. The van der Waals surface area contributed by atoms with Crippen LogP contribution in [0, 0.1) is 0 Å². The molecule has 0 spiro atoms. The fourth-order valence-corrected chi connectivity index (χ4v) is 2.99. The molecule has 3 N–H and O–H groups in total. The van der Waals surface area contributed by atoms with Gasteiger partial charge in [-0.3, -0.25) is 9.79 Å². The van der Waals surface area contributed by atoms with Crippen molar-refractivity contribution in [1.29, 1.82) is 0 Å². The lowest BCUT2D eigenvalue weighted by atomic mass is 9.84. The summed E-state index contributed by atoms with van der Waals surface area (Å²) in [4.78, 5) is 16.1. The van der Waals surface area contributed by atoms with Crippen molar-refractivity contribution in [2.24, 2.45) is 4.99 Å². The summed E-state index contributed by atoms with van der Waals surface area (Å²) in [6.45, 7) is 8.37. The van der Waals surface area contributed by atoms with Gasteiger partial charge in [0.25, 0.3) is 0 Å². The Morgan fingerprint density at radius 2 is 2.04 bits per heavy atom. The Hall–Kier alpha value is -2.44. The Kier molecular flexibility index (Phi) is 7.33. The summed E-state index contributed by atoms with van der Waals surface area (Å²) in [7, 11) is 3.28. The molecule has 0 radical (unpaired) electrons. The van der Waals surface area contributed by atoms with Crippen LogP contribution in [0.1, 0.15) is 39.2 Å². The van der Waals surface area contributed by atoms with Gasteiger partial charge in [0, 0.05) is 31.0 Å². The van der Waals surface area contributed by atoms with E-state index in [2.05, 4.69) is 29.8 Å². The van der Waals surface area contributed by atoms with E-state index >= 15 is 0 Å². The van der Waals surface area contributed by atoms with Crippen LogP contribution in [-0.2, 0) is 10.2 Å². The summed E-state index contributed by atoms with van der Waals surface area (Å²) in [6, 6.07) is 6.18. The minimum absolute atomic E-state index is 0.115. The first-order chi connectivity index (χ1) is 12.9. The number of benzene rings is 1. The van der Waals surface area contributed by atoms with Gasteiger partial charge in [0.1, 0.15) is 0 Å². The van der Waals surface area contributed by atoms with Crippen molar-refractivity contribution in [2.45, 2.75) is 45.1 Å². The van der Waals surface area contributed by atoms with Crippen molar-refractivity contribution in [3.63, 3.8) is 0 Å². The quantitative estimate of drug-likeness (QED) is 0.499. The number of hydrogen-bond acceptors (Lipinski definition) is 4. The molecule has 1 saturated heterocycles. The standard InChI is InChI=1S/C20H32N4O3/c1-6-21-19(24-15-8-10-18(25)22-12-15)23-13-20(2,3)14-7-9-16(26-4)17(11-14)27-5/h7,9,11,15H,6,8,10,12-13H2,1-5H3,(H,22,25)(H2,21,23,24). The number of carbonyl (C=O) groups excluding carboxylic acids is 1. The SMILES string of the molecule is CCNC(=NCC(C)(C)c1ccc(OC)c(OC)c1)NC1CCC(=O)NC1. The molecule has 1 aromatic rings. The maximum absolute atomic E-state index is 11.3. The summed E-state index contributed by atoms with van der Waals surface area (Å²) >= 11 is 0. The number of nitrogens with one attached hydrogen (secondary N) is 3. The Bertz CT molecular complexity index is 663. The first-order valence-corrected chi connectivity index (χ1v) is 9.43. The smallest absolute Gasteiger partial charge is 0.220 e. The molecule has 1 heterocycles. The van der Waals surface area contributed by atoms with Gasteiger partial charge in [-0.1, -0.05) is 19.9 Å². The van der Waals surface area contributed by atoms with E-state index in [1.165, 1.54) is 0 Å². The normalized spacial score (nSPS) is 17.9. The molecule has 2 rings (SSSR count). The van der Waals surface area contributed by atoms with Crippen molar-refractivity contribution in [3.8, 4) is 11.5 Å². The Morgan fingerprint density at radius 1 is 1.30 bits per heavy atom. The average molecular weight is 377 g/mol. The molecule has 1 atom stereocenters. The second kappa shape index (κ2) is 9.48. The van der Waals surface area contributed by atoms with E-state index in [1.54, 1.807) is 14.2 Å². The monoisotopic (exact) mass is 376 g/mol. The zero-order valence-corrected chi connectivity index (χ0v) is 17.0. The van der Waals surface area contributed by atoms with Gasteiger partial charge in [0.2, 0.25) is 5.91 Å². The molecular weight excluding hydrogens is 344 g/mol. The predicted octanol–water partition coefficient (Wildman–Crippen LogP) is 1.82. The third kappa shape index (κ3) is 5.77. The van der Waals surface area contributed by atoms with Crippen molar-refractivity contribution in [2.75, 3.05) is 33.9 Å². The van der Waals surface area contributed by atoms with Crippen LogP contribution < -0.4 is 25.4 Å². The summed E-state index contributed by atoms with van der Waals surface area (Å²) in [5.41, 5.74) is 0.951. The molecule has 1 amide bonds. The maximum atomic E-state index is 11.3. The third-order valence-electron chi connectivity index (χ3n) is 4.75. The van der Waals surface area contributed by atoms with E-state index in [0.717, 1.165) is 36.0 Å².